The molecule has 6 nitrogen and oxygen atoms in total. The lowest BCUT2D eigenvalue weighted by Gasteiger charge is -2.25. The average molecular weight is 566 g/mol. The topological polar surface area (TPSA) is 65.1 Å². The van der Waals surface area contributed by atoms with E-state index in [1.54, 1.807) is 12.1 Å². The van der Waals surface area contributed by atoms with Crippen LogP contribution in [0.4, 0.5) is 0 Å². The lowest BCUT2D eigenvalue weighted by molar-refractivity contribution is 0.0600. The molecule has 0 bridgehead atoms. The Hall–Kier alpha value is -4.58. The summed E-state index contributed by atoms with van der Waals surface area (Å²) in [6, 6.07) is 30.9. The summed E-state index contributed by atoms with van der Waals surface area (Å²) < 4.78 is 17.5. The number of hydrogen-bond acceptors (Lipinski definition) is 5. The van der Waals surface area contributed by atoms with Crippen molar-refractivity contribution in [3.05, 3.63) is 130 Å². The number of carbonyl (C=O) groups is 2. The van der Waals surface area contributed by atoms with E-state index >= 15 is 0 Å². The second-order valence-corrected chi connectivity index (χ2v) is 10.5. The van der Waals surface area contributed by atoms with Gasteiger partial charge in [0.2, 0.25) is 0 Å². The molecule has 218 valence electrons. The fourth-order valence-electron chi connectivity index (χ4n) is 4.69. The minimum Gasteiger partial charge on any atom is -0.488 e. The van der Waals surface area contributed by atoms with Gasteiger partial charge >= 0.3 is 5.97 Å². The molecule has 6 heteroatoms. The second kappa shape index (κ2) is 14.9. The van der Waals surface area contributed by atoms with Crippen LogP contribution < -0.4 is 9.47 Å². The number of rotatable bonds is 13. The molecule has 0 aliphatic carbocycles. The van der Waals surface area contributed by atoms with E-state index in [9.17, 15) is 9.59 Å². The normalized spacial score (nSPS) is 10.8. The molecule has 0 aliphatic rings. The van der Waals surface area contributed by atoms with Crippen molar-refractivity contribution in [3.63, 3.8) is 0 Å². The van der Waals surface area contributed by atoms with Crippen molar-refractivity contribution in [1.29, 1.82) is 0 Å². The Kier molecular flexibility index (Phi) is 10.8. The molecule has 0 spiro atoms. The van der Waals surface area contributed by atoms with Crippen molar-refractivity contribution in [2.24, 2.45) is 0 Å². The largest absolute Gasteiger partial charge is 0.488 e. The smallest absolute Gasteiger partial charge is 0.337 e. The van der Waals surface area contributed by atoms with E-state index < -0.39 is 0 Å². The van der Waals surface area contributed by atoms with Crippen LogP contribution in [0.15, 0.2) is 97.1 Å². The number of nitrogens with zero attached hydrogens (tertiary/aromatic N) is 1. The summed E-state index contributed by atoms with van der Waals surface area (Å²) in [7, 11) is 1.36. The van der Waals surface area contributed by atoms with Gasteiger partial charge in [0.15, 0.2) is 0 Å². The summed E-state index contributed by atoms with van der Waals surface area (Å²) in [5.74, 6) is 0.802. The van der Waals surface area contributed by atoms with Gasteiger partial charge in [0.05, 0.1) is 18.2 Å². The molecule has 0 N–H and O–H groups in total. The molecule has 0 aliphatic heterocycles. The van der Waals surface area contributed by atoms with Gasteiger partial charge in [-0.1, -0.05) is 93.6 Å². The fourth-order valence-corrected chi connectivity index (χ4v) is 4.69. The molecule has 0 heterocycles. The Bertz CT molecular complexity index is 1450. The van der Waals surface area contributed by atoms with Crippen LogP contribution in [-0.2, 0) is 24.5 Å². The van der Waals surface area contributed by atoms with Crippen LogP contribution in [0.2, 0.25) is 0 Å². The molecule has 0 radical (unpaired) electrons. The van der Waals surface area contributed by atoms with Gasteiger partial charge in [-0.15, -0.1) is 0 Å². The Labute approximate surface area is 248 Å². The number of amides is 1. The molecule has 0 fully saturated rings. The maximum absolute atomic E-state index is 14.2. The standard InChI is InChI=1S/C36H39NO5/c1-5-20-37(23-27-16-18-30(19-17-27)36(39)40-4)35(38)32-21-31(26(2)3)33(41-24-28-12-8-6-9-13-28)22-34(32)42-25-29-14-10-7-11-15-29/h6-19,21-22,26H,5,20,23-25H2,1-4H3. The first kappa shape index (κ1) is 30.4. The van der Waals surface area contributed by atoms with Crippen LogP contribution in [0.3, 0.4) is 0 Å². The second-order valence-electron chi connectivity index (χ2n) is 10.5. The maximum Gasteiger partial charge on any atom is 0.337 e. The summed E-state index contributed by atoms with van der Waals surface area (Å²) in [6.45, 7) is 7.94. The first-order valence-electron chi connectivity index (χ1n) is 14.4. The highest BCUT2D eigenvalue weighted by Crippen LogP contribution is 2.36. The van der Waals surface area contributed by atoms with E-state index in [0.717, 1.165) is 28.7 Å². The zero-order valence-electron chi connectivity index (χ0n) is 24.8. The number of benzene rings is 4. The van der Waals surface area contributed by atoms with E-state index in [0.29, 0.717) is 48.9 Å². The molecule has 42 heavy (non-hydrogen) atoms. The zero-order chi connectivity index (χ0) is 29.9. The van der Waals surface area contributed by atoms with E-state index in [-0.39, 0.29) is 17.8 Å². The van der Waals surface area contributed by atoms with Crippen LogP contribution in [0, 0.1) is 0 Å². The summed E-state index contributed by atoms with van der Waals surface area (Å²) in [5, 5.41) is 0. The van der Waals surface area contributed by atoms with Gasteiger partial charge < -0.3 is 19.1 Å². The van der Waals surface area contributed by atoms with Crippen molar-refractivity contribution in [3.8, 4) is 11.5 Å². The fraction of sp³-hybridized carbons (Fsp3) is 0.278. The van der Waals surface area contributed by atoms with Crippen LogP contribution in [-0.4, -0.2) is 30.4 Å². The van der Waals surface area contributed by atoms with Crippen molar-refractivity contribution in [2.75, 3.05) is 13.7 Å². The van der Waals surface area contributed by atoms with Crippen molar-refractivity contribution < 1.29 is 23.8 Å². The molecule has 4 rings (SSSR count). The van der Waals surface area contributed by atoms with Gasteiger partial charge in [0.25, 0.3) is 5.91 Å². The Morgan fingerprint density at radius 3 is 1.83 bits per heavy atom. The number of ether oxygens (including phenoxy) is 3. The molecular weight excluding hydrogens is 526 g/mol. The highest BCUT2D eigenvalue weighted by atomic mass is 16.5. The predicted octanol–water partition coefficient (Wildman–Crippen LogP) is 7.81. The lowest BCUT2D eigenvalue weighted by Crippen LogP contribution is -2.32. The van der Waals surface area contributed by atoms with Crippen LogP contribution >= 0.6 is 0 Å². The monoisotopic (exact) mass is 565 g/mol. The van der Waals surface area contributed by atoms with Crippen molar-refractivity contribution in [2.45, 2.75) is 52.9 Å². The number of esters is 1. The molecule has 1 amide bonds. The molecular formula is C36H39NO5. The quantitative estimate of drug-likeness (QED) is 0.155. The van der Waals surface area contributed by atoms with Gasteiger partial charge in [-0.3, -0.25) is 4.79 Å². The highest BCUT2D eigenvalue weighted by Gasteiger charge is 2.24. The summed E-state index contributed by atoms with van der Waals surface area (Å²) in [5.41, 5.74) is 4.90. The average Bonchev–Trinajstić information content (AvgIpc) is 3.03. The van der Waals surface area contributed by atoms with Gasteiger partial charge in [-0.05, 0) is 52.8 Å². The van der Waals surface area contributed by atoms with Gasteiger partial charge in [0, 0.05) is 19.2 Å². The zero-order valence-corrected chi connectivity index (χ0v) is 24.8. The summed E-state index contributed by atoms with van der Waals surface area (Å²) in [6.07, 6.45) is 0.793. The van der Waals surface area contributed by atoms with Gasteiger partial charge in [0.1, 0.15) is 24.7 Å². The molecule has 0 saturated heterocycles. The van der Waals surface area contributed by atoms with E-state index in [4.69, 9.17) is 14.2 Å². The first-order valence-corrected chi connectivity index (χ1v) is 14.4. The van der Waals surface area contributed by atoms with E-state index in [1.165, 1.54) is 7.11 Å². The molecule has 4 aromatic carbocycles. The molecule has 0 unspecified atom stereocenters. The van der Waals surface area contributed by atoms with Crippen molar-refractivity contribution in [1.82, 2.24) is 4.90 Å². The first-order chi connectivity index (χ1) is 20.4. The minimum absolute atomic E-state index is 0.117. The lowest BCUT2D eigenvalue weighted by atomic mass is 9.97. The van der Waals surface area contributed by atoms with Crippen LogP contribution in [0.5, 0.6) is 11.5 Å². The molecule has 4 aromatic rings. The summed E-state index contributed by atoms with van der Waals surface area (Å²) >= 11 is 0. The number of carbonyl (C=O) groups excluding carboxylic acids is 2. The number of hydrogen-bond donors (Lipinski definition) is 0. The van der Waals surface area contributed by atoms with Crippen LogP contribution in [0.1, 0.15) is 76.1 Å². The minimum atomic E-state index is -0.390. The van der Waals surface area contributed by atoms with Gasteiger partial charge in [-0.25, -0.2) is 4.79 Å². The Morgan fingerprint density at radius 1 is 0.738 bits per heavy atom. The SMILES string of the molecule is CCCN(Cc1ccc(C(=O)OC)cc1)C(=O)c1cc(C(C)C)c(OCc2ccccc2)cc1OCc1ccccc1. The third-order valence-corrected chi connectivity index (χ3v) is 6.97. The summed E-state index contributed by atoms with van der Waals surface area (Å²) in [4.78, 5) is 27.9. The van der Waals surface area contributed by atoms with Gasteiger partial charge in [-0.2, -0.15) is 0 Å². The predicted molar refractivity (Wildman–Crippen MR) is 165 cm³/mol. The third-order valence-electron chi connectivity index (χ3n) is 6.97. The van der Waals surface area contributed by atoms with Crippen molar-refractivity contribution >= 4 is 11.9 Å². The molecule has 0 aromatic heterocycles. The van der Waals surface area contributed by atoms with E-state index in [2.05, 4.69) is 13.8 Å². The molecule has 0 saturated carbocycles. The Balaban J connectivity index is 1.67. The Morgan fingerprint density at radius 2 is 1.31 bits per heavy atom. The van der Waals surface area contributed by atoms with E-state index in [1.807, 2.05) is 96.8 Å². The number of methoxy groups -OCH3 is 1. The third kappa shape index (κ3) is 8.00. The molecule has 0 atom stereocenters. The highest BCUT2D eigenvalue weighted by molar-refractivity contribution is 5.97. The maximum atomic E-state index is 14.2. The van der Waals surface area contributed by atoms with Crippen LogP contribution in [0.25, 0.3) is 0 Å².